The number of benzene rings is 1. The van der Waals surface area contributed by atoms with Crippen molar-refractivity contribution in [2.24, 2.45) is 0 Å². The Labute approximate surface area is 145 Å². The standard InChI is InChI=1S/C16H14F3N5O2/c1-8(9-5-20-15(21-6-9)16(17,18)19)24-14-11-3-10(25)4-12(26-2)13(11)22-7-23-14/h3-8,25H,1-2H3,(H,22,23,24). The Balaban J connectivity index is 1.92. The van der Waals surface area contributed by atoms with E-state index in [1.165, 1.54) is 25.6 Å². The highest BCUT2D eigenvalue weighted by molar-refractivity contribution is 5.94. The van der Waals surface area contributed by atoms with Crippen molar-refractivity contribution >= 4 is 16.7 Å². The Hall–Kier alpha value is -3.17. The van der Waals surface area contributed by atoms with Gasteiger partial charge >= 0.3 is 6.18 Å². The molecule has 0 aliphatic rings. The van der Waals surface area contributed by atoms with E-state index >= 15 is 0 Å². The summed E-state index contributed by atoms with van der Waals surface area (Å²) in [6.07, 6.45) is -1.06. The lowest BCUT2D eigenvalue weighted by molar-refractivity contribution is -0.145. The minimum absolute atomic E-state index is 0.0299. The predicted molar refractivity (Wildman–Crippen MR) is 86.8 cm³/mol. The number of anilines is 1. The molecule has 0 aliphatic carbocycles. The molecule has 0 bridgehead atoms. The number of aromatic nitrogens is 4. The molecule has 0 aliphatic heterocycles. The van der Waals surface area contributed by atoms with Crippen LogP contribution < -0.4 is 10.1 Å². The third-order valence-corrected chi connectivity index (χ3v) is 3.69. The number of fused-ring (bicyclic) bond motifs is 1. The summed E-state index contributed by atoms with van der Waals surface area (Å²) in [5.74, 6) is -0.471. The molecule has 2 heterocycles. The molecule has 0 amide bonds. The molecule has 0 saturated carbocycles. The SMILES string of the molecule is COc1cc(O)cc2c(NC(C)c3cnc(C(F)(F)F)nc3)ncnc12. The number of phenols is 1. The topological polar surface area (TPSA) is 93.1 Å². The minimum Gasteiger partial charge on any atom is -0.508 e. The molecular weight excluding hydrogens is 351 g/mol. The van der Waals surface area contributed by atoms with Gasteiger partial charge in [0.2, 0.25) is 5.82 Å². The molecule has 7 nitrogen and oxygen atoms in total. The number of hydrogen-bond donors (Lipinski definition) is 2. The zero-order valence-electron chi connectivity index (χ0n) is 13.7. The Morgan fingerprint density at radius 1 is 1.12 bits per heavy atom. The fourth-order valence-corrected chi connectivity index (χ4v) is 2.39. The summed E-state index contributed by atoms with van der Waals surface area (Å²) in [5, 5.41) is 13.4. The molecule has 0 radical (unpaired) electrons. The van der Waals surface area contributed by atoms with Crippen molar-refractivity contribution < 1.29 is 23.0 Å². The summed E-state index contributed by atoms with van der Waals surface area (Å²) in [7, 11) is 1.45. The Morgan fingerprint density at radius 2 is 1.81 bits per heavy atom. The Kier molecular flexibility index (Phi) is 4.49. The van der Waals surface area contributed by atoms with Crippen LogP contribution in [-0.4, -0.2) is 32.2 Å². The van der Waals surface area contributed by atoms with Gasteiger partial charge in [0.15, 0.2) is 0 Å². The molecule has 2 aromatic heterocycles. The first kappa shape index (κ1) is 17.6. The molecule has 3 aromatic rings. The third kappa shape index (κ3) is 3.44. The number of nitrogens with one attached hydrogen (secondary N) is 1. The van der Waals surface area contributed by atoms with Gasteiger partial charge < -0.3 is 15.2 Å². The molecule has 26 heavy (non-hydrogen) atoms. The maximum absolute atomic E-state index is 12.6. The van der Waals surface area contributed by atoms with Crippen molar-refractivity contribution in [3.63, 3.8) is 0 Å². The molecule has 1 aromatic carbocycles. The summed E-state index contributed by atoms with van der Waals surface area (Å²) >= 11 is 0. The van der Waals surface area contributed by atoms with E-state index in [-0.39, 0.29) is 5.75 Å². The van der Waals surface area contributed by atoms with Gasteiger partial charge in [0.25, 0.3) is 0 Å². The fourth-order valence-electron chi connectivity index (χ4n) is 2.39. The van der Waals surface area contributed by atoms with Crippen LogP contribution in [0.25, 0.3) is 10.9 Å². The summed E-state index contributed by atoms with van der Waals surface area (Å²) in [6, 6.07) is 2.45. The monoisotopic (exact) mass is 365 g/mol. The first-order valence-electron chi connectivity index (χ1n) is 7.47. The van der Waals surface area contributed by atoms with Crippen molar-refractivity contribution in [3.8, 4) is 11.5 Å². The van der Waals surface area contributed by atoms with E-state index in [4.69, 9.17) is 4.74 Å². The second-order valence-electron chi connectivity index (χ2n) is 5.47. The zero-order valence-corrected chi connectivity index (χ0v) is 13.7. The van der Waals surface area contributed by atoms with Gasteiger partial charge in [-0.25, -0.2) is 19.9 Å². The second-order valence-corrected chi connectivity index (χ2v) is 5.47. The van der Waals surface area contributed by atoms with E-state index in [1.807, 2.05) is 0 Å². The van der Waals surface area contributed by atoms with Crippen LogP contribution >= 0.6 is 0 Å². The van der Waals surface area contributed by atoms with Crippen molar-refractivity contribution in [1.29, 1.82) is 0 Å². The second kappa shape index (κ2) is 6.62. The lowest BCUT2D eigenvalue weighted by Crippen LogP contribution is -2.14. The van der Waals surface area contributed by atoms with Crippen molar-refractivity contribution in [2.75, 3.05) is 12.4 Å². The summed E-state index contributed by atoms with van der Waals surface area (Å²) < 4.78 is 42.9. The normalized spacial score (nSPS) is 12.8. The molecule has 1 unspecified atom stereocenters. The van der Waals surface area contributed by atoms with Gasteiger partial charge in [-0.2, -0.15) is 13.2 Å². The predicted octanol–water partition coefficient (Wildman–Crippen LogP) is 3.33. The van der Waals surface area contributed by atoms with Crippen LogP contribution in [-0.2, 0) is 6.18 Å². The minimum atomic E-state index is -4.59. The van der Waals surface area contributed by atoms with Crippen molar-refractivity contribution in [3.05, 3.63) is 42.2 Å². The smallest absolute Gasteiger partial charge is 0.451 e. The number of alkyl halides is 3. The summed E-state index contributed by atoms with van der Waals surface area (Å²) in [5.41, 5.74) is 0.926. The number of aromatic hydroxyl groups is 1. The molecule has 10 heteroatoms. The highest BCUT2D eigenvalue weighted by Gasteiger charge is 2.34. The lowest BCUT2D eigenvalue weighted by atomic mass is 10.1. The van der Waals surface area contributed by atoms with Crippen LogP contribution in [0.15, 0.2) is 30.9 Å². The van der Waals surface area contributed by atoms with Gasteiger partial charge in [0.05, 0.1) is 18.5 Å². The Morgan fingerprint density at radius 3 is 2.42 bits per heavy atom. The molecular formula is C16H14F3N5O2. The van der Waals surface area contributed by atoms with Gasteiger partial charge in [-0.15, -0.1) is 0 Å². The first-order valence-corrected chi connectivity index (χ1v) is 7.47. The van der Waals surface area contributed by atoms with Crippen LogP contribution in [0.5, 0.6) is 11.5 Å². The van der Waals surface area contributed by atoms with Crippen LogP contribution in [0.2, 0.25) is 0 Å². The lowest BCUT2D eigenvalue weighted by Gasteiger charge is -2.16. The average molecular weight is 365 g/mol. The number of hydrogen-bond acceptors (Lipinski definition) is 7. The van der Waals surface area contributed by atoms with E-state index in [1.54, 1.807) is 6.92 Å². The molecule has 0 spiro atoms. The van der Waals surface area contributed by atoms with Crippen LogP contribution in [0, 0.1) is 0 Å². The molecule has 3 rings (SSSR count). The quantitative estimate of drug-likeness (QED) is 0.732. The van der Waals surface area contributed by atoms with Gasteiger partial charge in [-0.05, 0) is 13.0 Å². The van der Waals surface area contributed by atoms with Crippen LogP contribution in [0.3, 0.4) is 0 Å². The van der Waals surface area contributed by atoms with Gasteiger partial charge in [0, 0.05) is 24.0 Å². The third-order valence-electron chi connectivity index (χ3n) is 3.69. The molecule has 136 valence electrons. The average Bonchev–Trinajstić information content (AvgIpc) is 2.61. The molecule has 1 atom stereocenters. The maximum Gasteiger partial charge on any atom is 0.451 e. The van der Waals surface area contributed by atoms with E-state index in [0.717, 1.165) is 12.4 Å². The number of rotatable bonds is 4. The van der Waals surface area contributed by atoms with Gasteiger partial charge in [-0.1, -0.05) is 0 Å². The first-order chi connectivity index (χ1) is 12.3. The number of halogens is 3. The number of methoxy groups -OCH3 is 1. The molecule has 0 fully saturated rings. The number of nitrogens with zero attached hydrogens (tertiary/aromatic N) is 4. The highest BCUT2D eigenvalue weighted by Crippen LogP contribution is 2.33. The van der Waals surface area contributed by atoms with Gasteiger partial charge in [0.1, 0.15) is 29.2 Å². The number of ether oxygens (including phenoxy) is 1. The van der Waals surface area contributed by atoms with E-state index in [2.05, 4.69) is 25.3 Å². The molecule has 2 N–H and O–H groups in total. The summed E-state index contributed by atoms with van der Waals surface area (Å²) in [4.78, 5) is 15.0. The molecule has 0 saturated heterocycles. The van der Waals surface area contributed by atoms with Crippen molar-refractivity contribution in [2.45, 2.75) is 19.1 Å². The van der Waals surface area contributed by atoms with Crippen LogP contribution in [0.1, 0.15) is 24.4 Å². The zero-order chi connectivity index (χ0) is 18.9. The van der Waals surface area contributed by atoms with E-state index < -0.39 is 18.0 Å². The van der Waals surface area contributed by atoms with Crippen LogP contribution in [0.4, 0.5) is 19.0 Å². The number of phenolic OH excluding ortho intramolecular Hbond substituents is 1. The Bertz CT molecular complexity index is 932. The fraction of sp³-hybridized carbons (Fsp3) is 0.250. The highest BCUT2D eigenvalue weighted by atomic mass is 19.4. The van der Waals surface area contributed by atoms with Crippen molar-refractivity contribution in [1.82, 2.24) is 19.9 Å². The van der Waals surface area contributed by atoms with Gasteiger partial charge in [-0.3, -0.25) is 0 Å². The van der Waals surface area contributed by atoms with E-state index in [0.29, 0.717) is 28.0 Å². The van der Waals surface area contributed by atoms with E-state index in [9.17, 15) is 18.3 Å². The summed E-state index contributed by atoms with van der Waals surface area (Å²) in [6.45, 7) is 1.72. The largest absolute Gasteiger partial charge is 0.508 e. The maximum atomic E-state index is 12.6.